The number of ether oxygens (including phenoxy) is 2. The smallest absolute Gasteiger partial charge is 0.313 e. The average molecular weight is 581 g/mol. The number of nitrogens with zero attached hydrogens (tertiary/aromatic N) is 2. The lowest BCUT2D eigenvalue weighted by Gasteiger charge is -2.42. The number of anilines is 1. The summed E-state index contributed by atoms with van der Waals surface area (Å²) >= 11 is 6.33. The van der Waals surface area contributed by atoms with E-state index in [2.05, 4.69) is 4.90 Å². The van der Waals surface area contributed by atoms with Crippen molar-refractivity contribution in [2.24, 2.45) is 11.8 Å². The molecule has 2 aromatic carbocycles. The molecule has 0 radical (unpaired) electrons. The van der Waals surface area contributed by atoms with E-state index in [1.165, 1.54) is 12.7 Å². The fourth-order valence-corrected chi connectivity index (χ4v) is 6.50. The first-order chi connectivity index (χ1) is 19.8. The summed E-state index contributed by atoms with van der Waals surface area (Å²) in [7, 11) is 3.12. The molecule has 220 valence electrons. The Bertz CT molecular complexity index is 1280. The number of aryl methyl sites for hydroxylation is 1. The second kappa shape index (κ2) is 13.3. The van der Waals surface area contributed by atoms with E-state index in [-0.39, 0.29) is 18.2 Å². The molecule has 2 aliphatic heterocycles. The van der Waals surface area contributed by atoms with Gasteiger partial charge in [-0.15, -0.1) is 0 Å². The number of hydrogen-bond donors (Lipinski definition) is 1. The van der Waals surface area contributed by atoms with E-state index in [1.54, 1.807) is 11.9 Å². The third-order valence-corrected chi connectivity index (χ3v) is 9.26. The van der Waals surface area contributed by atoms with Crippen molar-refractivity contribution in [2.45, 2.75) is 63.6 Å². The van der Waals surface area contributed by atoms with Crippen LogP contribution in [0.2, 0.25) is 5.02 Å². The molecule has 1 unspecified atom stereocenters. The first-order valence-electron chi connectivity index (χ1n) is 14.8. The molecule has 1 fully saturated rings. The quantitative estimate of drug-likeness (QED) is 0.354. The van der Waals surface area contributed by atoms with Crippen molar-refractivity contribution in [1.82, 2.24) is 4.90 Å². The highest BCUT2D eigenvalue weighted by atomic mass is 35.5. The summed E-state index contributed by atoms with van der Waals surface area (Å²) in [6.07, 6.45) is 8.98. The third-order valence-electron chi connectivity index (χ3n) is 9.03. The Morgan fingerprint density at radius 1 is 1.10 bits per heavy atom. The normalized spacial score (nSPS) is 26.4. The molecular weight excluding hydrogens is 540 g/mol. The molecule has 7 nitrogen and oxygen atoms in total. The lowest BCUT2D eigenvalue weighted by Crippen LogP contribution is -2.43. The molecule has 5 rings (SSSR count). The first-order valence-corrected chi connectivity index (χ1v) is 15.2. The number of esters is 1. The molecule has 1 aliphatic carbocycles. The minimum atomic E-state index is -0.718. The van der Waals surface area contributed by atoms with Gasteiger partial charge in [0.15, 0.2) is 0 Å². The van der Waals surface area contributed by atoms with Crippen LogP contribution in [0.3, 0.4) is 0 Å². The zero-order valence-electron chi connectivity index (χ0n) is 24.1. The zero-order valence-corrected chi connectivity index (χ0v) is 24.8. The highest BCUT2D eigenvalue weighted by Gasteiger charge is 2.37. The van der Waals surface area contributed by atoms with Crippen LogP contribution in [-0.2, 0) is 27.4 Å². The van der Waals surface area contributed by atoms with Crippen molar-refractivity contribution in [3.63, 3.8) is 0 Å². The van der Waals surface area contributed by atoms with Gasteiger partial charge < -0.3 is 24.4 Å². The highest BCUT2D eigenvalue weighted by molar-refractivity contribution is 6.30. The summed E-state index contributed by atoms with van der Waals surface area (Å²) in [6.45, 7) is 2.53. The maximum absolute atomic E-state index is 13.2. The Kier molecular flexibility index (Phi) is 9.56. The molecule has 8 heteroatoms. The van der Waals surface area contributed by atoms with Gasteiger partial charge in [-0.1, -0.05) is 35.9 Å². The number of carbonyl (C=O) groups excluding carboxylic acids is 2. The monoisotopic (exact) mass is 580 g/mol. The minimum absolute atomic E-state index is 0.0218. The van der Waals surface area contributed by atoms with Crippen LogP contribution >= 0.6 is 11.6 Å². The third kappa shape index (κ3) is 6.90. The highest BCUT2D eigenvalue weighted by Crippen LogP contribution is 2.41. The number of rotatable bonds is 1. The summed E-state index contributed by atoms with van der Waals surface area (Å²) in [6, 6.07) is 11.8. The number of amides is 1. The molecule has 0 aromatic heterocycles. The number of hydrogen-bond acceptors (Lipinski definition) is 6. The number of aliphatic hydroxyl groups excluding tert-OH is 1. The SMILES string of the molecule is COC(=O)C1CC(=O)N(C)CC/C=C/[C@H](O)[C@@H]2CC[C@H]2CN2CCCCc3cc(Cl)ccc3COc3ccc1cc32. The minimum Gasteiger partial charge on any atom is -0.487 e. The largest absolute Gasteiger partial charge is 0.487 e. The van der Waals surface area contributed by atoms with Crippen molar-refractivity contribution in [1.29, 1.82) is 0 Å². The molecule has 2 bridgehead atoms. The van der Waals surface area contributed by atoms with Crippen LogP contribution in [0.15, 0.2) is 48.6 Å². The van der Waals surface area contributed by atoms with Crippen molar-refractivity contribution in [2.75, 3.05) is 38.7 Å². The second-order valence-electron chi connectivity index (χ2n) is 11.6. The van der Waals surface area contributed by atoms with Gasteiger partial charge in [0.2, 0.25) is 5.91 Å². The average Bonchev–Trinajstić information content (AvgIpc) is 2.98. The fourth-order valence-electron chi connectivity index (χ4n) is 6.31. The molecular formula is C33H41ClN2O5. The Morgan fingerprint density at radius 3 is 2.73 bits per heavy atom. The van der Waals surface area contributed by atoms with Gasteiger partial charge in [-0.2, -0.15) is 0 Å². The molecule has 41 heavy (non-hydrogen) atoms. The van der Waals surface area contributed by atoms with Gasteiger partial charge in [0.25, 0.3) is 0 Å². The van der Waals surface area contributed by atoms with E-state index in [4.69, 9.17) is 21.1 Å². The molecule has 2 aromatic rings. The van der Waals surface area contributed by atoms with Crippen LogP contribution in [0, 0.1) is 11.8 Å². The van der Waals surface area contributed by atoms with Crippen LogP contribution in [0.4, 0.5) is 5.69 Å². The predicted molar refractivity (Wildman–Crippen MR) is 160 cm³/mol. The summed E-state index contributed by atoms with van der Waals surface area (Å²) < 4.78 is 11.6. The van der Waals surface area contributed by atoms with Gasteiger partial charge in [0.05, 0.1) is 24.8 Å². The molecule has 3 aliphatic rings. The molecule has 1 N–H and O–H groups in total. The van der Waals surface area contributed by atoms with E-state index in [1.807, 2.05) is 48.6 Å². The van der Waals surface area contributed by atoms with E-state index in [0.717, 1.165) is 72.8 Å². The fraction of sp³-hybridized carbons (Fsp3) is 0.515. The number of benzene rings is 2. The predicted octanol–water partition coefficient (Wildman–Crippen LogP) is 5.51. The van der Waals surface area contributed by atoms with Gasteiger partial charge in [0.1, 0.15) is 12.4 Å². The number of fused-ring (bicyclic) bond motifs is 3. The molecule has 0 saturated heterocycles. The van der Waals surface area contributed by atoms with Crippen molar-refractivity contribution >= 4 is 29.2 Å². The second-order valence-corrected chi connectivity index (χ2v) is 12.1. The maximum atomic E-state index is 13.2. The zero-order chi connectivity index (χ0) is 28.9. The topological polar surface area (TPSA) is 79.3 Å². The number of methoxy groups -OCH3 is 1. The van der Waals surface area contributed by atoms with Gasteiger partial charge in [-0.05, 0) is 91.3 Å². The molecule has 1 saturated carbocycles. The van der Waals surface area contributed by atoms with Crippen molar-refractivity contribution < 1.29 is 24.2 Å². The van der Waals surface area contributed by atoms with Crippen LogP contribution in [-0.4, -0.2) is 61.8 Å². The molecule has 0 spiro atoms. The summed E-state index contributed by atoms with van der Waals surface area (Å²) in [4.78, 5) is 30.2. The van der Waals surface area contributed by atoms with E-state index in [9.17, 15) is 14.7 Å². The Morgan fingerprint density at radius 2 is 1.95 bits per heavy atom. The van der Waals surface area contributed by atoms with Gasteiger partial charge in [-0.3, -0.25) is 9.59 Å². The van der Waals surface area contributed by atoms with Gasteiger partial charge in [0, 0.05) is 38.1 Å². The van der Waals surface area contributed by atoms with Crippen molar-refractivity contribution in [3.05, 3.63) is 70.3 Å². The lowest BCUT2D eigenvalue weighted by atomic mass is 9.70. The Balaban J connectivity index is 1.56. The number of halogens is 1. The van der Waals surface area contributed by atoms with Crippen LogP contribution in [0.25, 0.3) is 0 Å². The Labute approximate surface area is 248 Å². The summed E-state index contributed by atoms with van der Waals surface area (Å²) in [5.41, 5.74) is 3.97. The molecule has 1 amide bonds. The van der Waals surface area contributed by atoms with Crippen molar-refractivity contribution in [3.8, 4) is 5.75 Å². The van der Waals surface area contributed by atoms with E-state index >= 15 is 0 Å². The number of carbonyl (C=O) groups is 2. The van der Waals surface area contributed by atoms with Crippen LogP contribution in [0.1, 0.15) is 61.1 Å². The van der Waals surface area contributed by atoms with E-state index in [0.29, 0.717) is 25.5 Å². The van der Waals surface area contributed by atoms with Crippen LogP contribution < -0.4 is 9.64 Å². The van der Waals surface area contributed by atoms with Gasteiger partial charge >= 0.3 is 5.97 Å². The molecule has 4 atom stereocenters. The van der Waals surface area contributed by atoms with E-state index < -0.39 is 18.0 Å². The lowest BCUT2D eigenvalue weighted by molar-refractivity contribution is -0.145. The summed E-state index contributed by atoms with van der Waals surface area (Å²) in [5.74, 6) is 0.00968. The van der Waals surface area contributed by atoms with Gasteiger partial charge in [-0.25, -0.2) is 0 Å². The summed E-state index contributed by atoms with van der Waals surface area (Å²) in [5, 5.41) is 11.7. The number of aliphatic hydroxyl groups is 1. The molecule has 2 heterocycles. The Hall–Kier alpha value is -3.03. The maximum Gasteiger partial charge on any atom is 0.313 e. The standard InChI is InChI=1S/C33H41ClN2O5/c1-35-15-5-4-8-30(37)27-13-10-24(27)20-36-16-6-3-7-22-17-26(34)12-9-25(22)21-41-31-14-11-23(18-29(31)36)28(19-32(35)38)33(39)40-2/h4,8-9,11-12,14,17-18,24,27-28,30,37H,3,5-7,10,13,15-16,19-21H2,1-2H3/b8-4+/t24-,27+,28?,30-/m0/s1. The van der Waals surface area contributed by atoms with Crippen LogP contribution in [0.5, 0.6) is 5.75 Å². The first kappa shape index (κ1) is 29.5.